The number of nitrogens with two attached hydrogens (primary N) is 1. The molecule has 6 nitrogen and oxygen atoms in total. The lowest BCUT2D eigenvalue weighted by atomic mass is 9.89. The van der Waals surface area contributed by atoms with Crippen LogP contribution in [0.4, 0.5) is 0 Å². The van der Waals surface area contributed by atoms with Crippen LogP contribution in [-0.4, -0.2) is 59.8 Å². The summed E-state index contributed by atoms with van der Waals surface area (Å²) in [6, 6.07) is 25.8. The van der Waals surface area contributed by atoms with E-state index in [2.05, 4.69) is 77.4 Å². The normalized spacial score (nSPS) is 27.4. The van der Waals surface area contributed by atoms with E-state index < -0.39 is 6.29 Å². The number of aliphatic hydroxyl groups is 1. The van der Waals surface area contributed by atoms with Crippen LogP contribution in [0, 0.1) is 5.92 Å². The zero-order chi connectivity index (χ0) is 28.2. The summed E-state index contributed by atoms with van der Waals surface area (Å²) >= 11 is 0. The van der Waals surface area contributed by atoms with Crippen LogP contribution in [0.5, 0.6) is 0 Å². The molecule has 3 saturated heterocycles. The van der Waals surface area contributed by atoms with Crippen molar-refractivity contribution in [3.8, 4) is 11.1 Å². The minimum absolute atomic E-state index is 0.0414. The summed E-state index contributed by atoms with van der Waals surface area (Å²) in [5, 5.41) is 9.60. The fourth-order valence-corrected chi connectivity index (χ4v) is 6.91. The molecular formula is C35H45N3O3. The van der Waals surface area contributed by atoms with Crippen LogP contribution in [0.1, 0.15) is 67.3 Å². The Balaban J connectivity index is 1.26. The van der Waals surface area contributed by atoms with Crippen molar-refractivity contribution in [1.29, 1.82) is 0 Å². The molecule has 3 aromatic rings. The molecule has 0 aliphatic carbocycles. The average Bonchev–Trinajstić information content (AvgIpc) is 3.71. The monoisotopic (exact) mass is 555 g/mol. The third-order valence-corrected chi connectivity index (χ3v) is 9.36. The van der Waals surface area contributed by atoms with Crippen LogP contribution in [0.3, 0.4) is 0 Å². The Bertz CT molecular complexity index is 1280. The van der Waals surface area contributed by atoms with Crippen LogP contribution in [0.2, 0.25) is 0 Å². The molecule has 0 unspecified atom stereocenters. The van der Waals surface area contributed by atoms with Crippen molar-refractivity contribution in [3.63, 3.8) is 0 Å². The number of nitrogens with zero attached hydrogens (tertiary/aromatic N) is 2. The zero-order valence-electron chi connectivity index (χ0n) is 24.3. The Kier molecular flexibility index (Phi) is 9.16. The summed E-state index contributed by atoms with van der Waals surface area (Å²) in [5.41, 5.74) is 12.4. The minimum atomic E-state index is -0.462. The van der Waals surface area contributed by atoms with Gasteiger partial charge < -0.3 is 25.2 Å². The lowest BCUT2D eigenvalue weighted by Gasteiger charge is -2.43. The quantitative estimate of drug-likeness (QED) is 0.355. The molecule has 0 aromatic heterocycles. The van der Waals surface area contributed by atoms with Crippen LogP contribution in [0.25, 0.3) is 11.1 Å². The van der Waals surface area contributed by atoms with Gasteiger partial charge in [-0.05, 0) is 85.3 Å². The molecule has 0 spiro atoms. The van der Waals surface area contributed by atoms with Gasteiger partial charge in [0.1, 0.15) is 0 Å². The highest BCUT2D eigenvalue weighted by atomic mass is 16.7. The summed E-state index contributed by atoms with van der Waals surface area (Å²) in [5.74, 6) is 0.184. The molecule has 5 atom stereocenters. The summed E-state index contributed by atoms with van der Waals surface area (Å²) in [6.45, 7) is 8.56. The maximum Gasteiger partial charge on any atom is 0.184 e. The molecule has 0 amide bonds. The second kappa shape index (κ2) is 13.2. The lowest BCUT2D eigenvalue weighted by molar-refractivity contribution is -0.276. The topological polar surface area (TPSA) is 71.2 Å². The molecular weight excluding hydrogens is 510 g/mol. The Labute approximate surface area is 245 Å². The number of aliphatic hydroxyl groups excluding tert-OH is 1. The van der Waals surface area contributed by atoms with Crippen molar-refractivity contribution in [2.75, 3.05) is 32.7 Å². The van der Waals surface area contributed by atoms with E-state index in [9.17, 15) is 5.11 Å². The van der Waals surface area contributed by atoms with Gasteiger partial charge >= 0.3 is 0 Å². The number of hydrogen-bond acceptors (Lipinski definition) is 6. The van der Waals surface area contributed by atoms with E-state index in [1.54, 1.807) is 0 Å². The summed E-state index contributed by atoms with van der Waals surface area (Å²) < 4.78 is 13.6. The van der Waals surface area contributed by atoms with Crippen molar-refractivity contribution in [2.45, 2.75) is 70.3 Å². The zero-order valence-corrected chi connectivity index (χ0v) is 24.3. The van der Waals surface area contributed by atoms with Gasteiger partial charge in [-0.25, -0.2) is 0 Å². The van der Waals surface area contributed by atoms with Gasteiger partial charge in [-0.2, -0.15) is 0 Å². The fraction of sp³-hybridized carbons (Fsp3) is 0.486. The van der Waals surface area contributed by atoms with Crippen molar-refractivity contribution in [3.05, 3.63) is 95.1 Å². The van der Waals surface area contributed by atoms with E-state index in [0.29, 0.717) is 12.6 Å². The predicted octanol–water partition coefficient (Wildman–Crippen LogP) is 5.66. The third-order valence-electron chi connectivity index (χ3n) is 9.36. The largest absolute Gasteiger partial charge is 0.392 e. The molecule has 3 fully saturated rings. The van der Waals surface area contributed by atoms with Gasteiger partial charge in [0.05, 0.1) is 18.8 Å². The van der Waals surface area contributed by atoms with Crippen LogP contribution in [-0.2, 0) is 22.6 Å². The first kappa shape index (κ1) is 28.5. The summed E-state index contributed by atoms with van der Waals surface area (Å²) in [7, 11) is 0. The van der Waals surface area contributed by atoms with Gasteiger partial charge in [0.25, 0.3) is 0 Å². The number of hydrogen-bond donors (Lipinski definition) is 2. The van der Waals surface area contributed by atoms with Gasteiger partial charge in [-0.3, -0.25) is 4.90 Å². The molecule has 3 aliphatic rings. The van der Waals surface area contributed by atoms with Gasteiger partial charge in [0.15, 0.2) is 6.29 Å². The number of benzene rings is 3. The van der Waals surface area contributed by atoms with Crippen LogP contribution >= 0.6 is 0 Å². The molecule has 3 aromatic carbocycles. The molecule has 0 radical (unpaired) electrons. The van der Waals surface area contributed by atoms with Crippen molar-refractivity contribution in [2.24, 2.45) is 11.7 Å². The maximum atomic E-state index is 9.60. The smallest absolute Gasteiger partial charge is 0.184 e. The lowest BCUT2D eigenvalue weighted by Crippen LogP contribution is -2.48. The third kappa shape index (κ3) is 6.59. The Morgan fingerprint density at radius 3 is 2.32 bits per heavy atom. The van der Waals surface area contributed by atoms with Crippen molar-refractivity contribution >= 4 is 0 Å². The highest BCUT2D eigenvalue weighted by molar-refractivity contribution is 5.65. The summed E-state index contributed by atoms with van der Waals surface area (Å²) in [6.07, 6.45) is 4.68. The van der Waals surface area contributed by atoms with Gasteiger partial charge in [-0.15, -0.1) is 0 Å². The second-order valence-electron chi connectivity index (χ2n) is 12.2. The van der Waals surface area contributed by atoms with Crippen LogP contribution in [0.15, 0.2) is 72.8 Å². The van der Waals surface area contributed by atoms with Crippen molar-refractivity contribution < 1.29 is 14.6 Å². The fourth-order valence-electron chi connectivity index (χ4n) is 6.91. The second-order valence-corrected chi connectivity index (χ2v) is 12.2. The van der Waals surface area contributed by atoms with E-state index in [1.165, 1.54) is 45.3 Å². The van der Waals surface area contributed by atoms with Gasteiger partial charge in [0.2, 0.25) is 0 Å². The Hall–Kier alpha value is -2.58. The first-order chi connectivity index (χ1) is 20.1. The molecule has 218 valence electrons. The molecule has 6 heteroatoms. The molecule has 0 bridgehead atoms. The van der Waals surface area contributed by atoms with E-state index in [1.807, 2.05) is 12.1 Å². The Morgan fingerprint density at radius 2 is 1.56 bits per heavy atom. The van der Waals surface area contributed by atoms with Gasteiger partial charge in [-0.1, -0.05) is 67.6 Å². The van der Waals surface area contributed by atoms with E-state index in [-0.39, 0.29) is 24.7 Å². The van der Waals surface area contributed by atoms with Crippen LogP contribution < -0.4 is 5.73 Å². The standard InChI is InChI=1S/C35H45N3O3/c1-25-33(23-38-18-6-11-32(38)22-37-16-2-3-17-37)40-35(41-34(25)28-14-12-26(24-39)13-15-28)31-10-5-9-30(20-31)29-8-4-7-27(19-29)21-36/h4-5,7-10,12-15,19-20,25,32-35,39H,2-3,6,11,16-18,21-24,36H2,1H3/t25-,32+,33+,34+,35+/m1/s1. The number of rotatable bonds is 9. The molecule has 3 N–H and O–H groups in total. The highest BCUT2D eigenvalue weighted by Crippen LogP contribution is 2.43. The maximum absolute atomic E-state index is 9.60. The van der Waals surface area contributed by atoms with Gasteiger partial charge in [0, 0.05) is 37.2 Å². The number of likely N-dealkylation sites (tertiary alicyclic amines) is 2. The molecule has 3 heterocycles. The minimum Gasteiger partial charge on any atom is -0.392 e. The predicted molar refractivity (Wildman–Crippen MR) is 163 cm³/mol. The molecule has 41 heavy (non-hydrogen) atoms. The number of ether oxygens (including phenoxy) is 2. The average molecular weight is 556 g/mol. The molecule has 3 aliphatic heterocycles. The summed E-state index contributed by atoms with van der Waals surface area (Å²) in [4.78, 5) is 5.33. The first-order valence-corrected chi connectivity index (χ1v) is 15.5. The molecule has 6 rings (SSSR count). The molecule has 0 saturated carbocycles. The van der Waals surface area contributed by atoms with E-state index >= 15 is 0 Å². The van der Waals surface area contributed by atoms with Crippen molar-refractivity contribution in [1.82, 2.24) is 9.80 Å². The van der Waals surface area contributed by atoms with E-state index in [0.717, 1.165) is 46.5 Å². The first-order valence-electron chi connectivity index (χ1n) is 15.5. The highest BCUT2D eigenvalue weighted by Gasteiger charge is 2.40. The van der Waals surface area contributed by atoms with E-state index in [4.69, 9.17) is 15.2 Å². The SMILES string of the molecule is C[C@@H]1[C@H](CN2CCC[C@H]2CN2CCCC2)O[C@H](c2cccc(-c3cccc(CN)c3)c2)O[C@@H]1c1ccc(CO)cc1. The Morgan fingerprint density at radius 1 is 0.805 bits per heavy atom.